The molecular weight excluding hydrogens is 291 g/mol. The van der Waals surface area contributed by atoms with Crippen LogP contribution >= 0.6 is 0 Å². The quantitative estimate of drug-likeness (QED) is 0.852. The summed E-state index contributed by atoms with van der Waals surface area (Å²) < 4.78 is 40.4. The summed E-state index contributed by atoms with van der Waals surface area (Å²) >= 11 is 0. The molecule has 0 aromatic heterocycles. The van der Waals surface area contributed by atoms with E-state index in [0.29, 0.717) is 5.56 Å². The number of halogens is 1. The van der Waals surface area contributed by atoms with Gasteiger partial charge in [-0.2, -0.15) is 0 Å². The number of anilines is 1. The molecule has 0 aliphatic carbocycles. The molecule has 0 heterocycles. The lowest BCUT2D eigenvalue weighted by atomic mass is 10.1. The van der Waals surface area contributed by atoms with Gasteiger partial charge in [-0.05, 0) is 37.1 Å². The van der Waals surface area contributed by atoms with Crippen LogP contribution in [0.15, 0.2) is 41.3 Å². The Morgan fingerprint density at radius 1 is 1.19 bits per heavy atom. The molecule has 2 rings (SSSR count). The molecule has 4 nitrogen and oxygen atoms in total. The van der Waals surface area contributed by atoms with Crippen LogP contribution < -0.4 is 10.5 Å². The summed E-state index contributed by atoms with van der Waals surface area (Å²) in [6.07, 6.45) is 0. The van der Waals surface area contributed by atoms with E-state index in [9.17, 15) is 12.8 Å². The summed E-state index contributed by atoms with van der Waals surface area (Å²) in [5.74, 6) is -0.620. The molecule has 0 unspecified atom stereocenters. The lowest BCUT2D eigenvalue weighted by Gasteiger charge is -2.11. The summed E-state index contributed by atoms with van der Waals surface area (Å²) in [7, 11) is -3.74. The van der Waals surface area contributed by atoms with Crippen molar-refractivity contribution in [2.45, 2.75) is 25.3 Å². The number of nitrogens with two attached hydrogens (primary N) is 1. The summed E-state index contributed by atoms with van der Waals surface area (Å²) in [6, 6.07) is 9.79. The lowest BCUT2D eigenvalue weighted by Crippen LogP contribution is -2.24. The number of aryl methyl sites for hydroxylation is 2. The fraction of sp³-hybridized carbons (Fsp3) is 0.200. The van der Waals surface area contributed by atoms with Gasteiger partial charge in [-0.25, -0.2) is 17.5 Å². The second-order valence-corrected chi connectivity index (χ2v) is 6.69. The standard InChI is InChI=1S/C15H17FN2O2S/c1-10-4-3-5-12(6-10)9-18-21(19,20)15-8-14(17)13(16)7-11(15)2/h3-8,18H,9,17H2,1-2H3. The van der Waals surface area contributed by atoms with Gasteiger partial charge in [0, 0.05) is 6.54 Å². The zero-order valence-electron chi connectivity index (χ0n) is 11.9. The van der Waals surface area contributed by atoms with E-state index < -0.39 is 15.8 Å². The summed E-state index contributed by atoms with van der Waals surface area (Å²) in [5.41, 5.74) is 7.48. The Balaban J connectivity index is 2.25. The third-order valence-electron chi connectivity index (χ3n) is 3.13. The molecule has 112 valence electrons. The molecule has 0 spiro atoms. The van der Waals surface area contributed by atoms with Crippen LogP contribution in [0.25, 0.3) is 0 Å². The Bertz CT molecular complexity index is 773. The second kappa shape index (κ2) is 5.83. The maximum atomic E-state index is 13.3. The Labute approximate surface area is 123 Å². The number of benzene rings is 2. The summed E-state index contributed by atoms with van der Waals surface area (Å²) in [5, 5.41) is 0. The number of hydrogen-bond donors (Lipinski definition) is 2. The van der Waals surface area contributed by atoms with E-state index in [1.165, 1.54) is 6.92 Å². The van der Waals surface area contributed by atoms with Crippen molar-refractivity contribution < 1.29 is 12.8 Å². The van der Waals surface area contributed by atoms with Gasteiger partial charge in [-0.3, -0.25) is 0 Å². The zero-order valence-corrected chi connectivity index (χ0v) is 12.7. The van der Waals surface area contributed by atoms with Crippen LogP contribution in [0.5, 0.6) is 0 Å². The zero-order chi connectivity index (χ0) is 15.6. The molecule has 0 aliphatic heterocycles. The van der Waals surface area contributed by atoms with E-state index in [-0.39, 0.29) is 17.1 Å². The van der Waals surface area contributed by atoms with Crippen molar-refractivity contribution in [1.82, 2.24) is 4.72 Å². The molecule has 21 heavy (non-hydrogen) atoms. The highest BCUT2D eigenvalue weighted by atomic mass is 32.2. The Kier molecular flexibility index (Phi) is 4.29. The molecule has 2 aromatic rings. The highest BCUT2D eigenvalue weighted by Gasteiger charge is 2.18. The molecule has 0 saturated heterocycles. The van der Waals surface area contributed by atoms with Crippen LogP contribution in [-0.4, -0.2) is 8.42 Å². The van der Waals surface area contributed by atoms with Gasteiger partial charge in [-0.1, -0.05) is 29.8 Å². The highest BCUT2D eigenvalue weighted by molar-refractivity contribution is 7.89. The summed E-state index contributed by atoms with van der Waals surface area (Å²) in [6.45, 7) is 3.63. The largest absolute Gasteiger partial charge is 0.396 e. The first-order valence-corrected chi connectivity index (χ1v) is 7.89. The van der Waals surface area contributed by atoms with Gasteiger partial charge in [0.05, 0.1) is 10.6 Å². The minimum atomic E-state index is -3.74. The molecule has 0 aliphatic rings. The smallest absolute Gasteiger partial charge is 0.241 e. The van der Waals surface area contributed by atoms with Gasteiger partial charge in [-0.15, -0.1) is 0 Å². The van der Waals surface area contributed by atoms with Crippen LogP contribution in [0.1, 0.15) is 16.7 Å². The van der Waals surface area contributed by atoms with Gasteiger partial charge in [0.15, 0.2) is 0 Å². The Hall–Kier alpha value is -1.92. The number of nitrogen functional groups attached to an aromatic ring is 1. The maximum absolute atomic E-state index is 13.3. The van der Waals surface area contributed by atoms with E-state index in [4.69, 9.17) is 5.73 Å². The fourth-order valence-corrected chi connectivity index (χ4v) is 3.31. The van der Waals surface area contributed by atoms with Crippen molar-refractivity contribution in [1.29, 1.82) is 0 Å². The maximum Gasteiger partial charge on any atom is 0.241 e. The predicted octanol–water partition coefficient (Wildman–Crippen LogP) is 2.50. The van der Waals surface area contributed by atoms with Crippen LogP contribution in [0, 0.1) is 19.7 Å². The molecule has 0 saturated carbocycles. The molecular formula is C15H17FN2O2S. The van der Waals surface area contributed by atoms with Crippen LogP contribution in [-0.2, 0) is 16.6 Å². The minimum Gasteiger partial charge on any atom is -0.396 e. The second-order valence-electron chi connectivity index (χ2n) is 4.95. The molecule has 0 atom stereocenters. The Morgan fingerprint density at radius 2 is 1.90 bits per heavy atom. The number of rotatable bonds is 4. The molecule has 0 bridgehead atoms. The average Bonchev–Trinajstić information content (AvgIpc) is 2.41. The van der Waals surface area contributed by atoms with Crippen molar-refractivity contribution in [3.8, 4) is 0 Å². The van der Waals surface area contributed by atoms with E-state index in [2.05, 4.69) is 4.72 Å². The average molecular weight is 308 g/mol. The molecule has 3 N–H and O–H groups in total. The first kappa shape index (κ1) is 15.5. The highest BCUT2D eigenvalue weighted by Crippen LogP contribution is 2.21. The number of nitrogens with one attached hydrogen (secondary N) is 1. The number of hydrogen-bond acceptors (Lipinski definition) is 3. The van der Waals surface area contributed by atoms with Gasteiger partial charge >= 0.3 is 0 Å². The summed E-state index contributed by atoms with van der Waals surface area (Å²) in [4.78, 5) is -0.00551. The van der Waals surface area contributed by atoms with Gasteiger partial charge in [0.25, 0.3) is 0 Å². The van der Waals surface area contributed by atoms with E-state index >= 15 is 0 Å². The van der Waals surface area contributed by atoms with Gasteiger partial charge in [0.2, 0.25) is 10.0 Å². The number of sulfonamides is 1. The van der Waals surface area contributed by atoms with Gasteiger partial charge in [0.1, 0.15) is 5.82 Å². The van der Waals surface area contributed by atoms with Crippen molar-refractivity contribution in [3.63, 3.8) is 0 Å². The Morgan fingerprint density at radius 3 is 2.57 bits per heavy atom. The van der Waals surface area contributed by atoms with Crippen molar-refractivity contribution in [2.24, 2.45) is 0 Å². The van der Waals surface area contributed by atoms with Crippen LogP contribution in [0.2, 0.25) is 0 Å². The van der Waals surface area contributed by atoms with Crippen molar-refractivity contribution in [3.05, 3.63) is 58.9 Å². The fourth-order valence-electron chi connectivity index (χ4n) is 2.04. The first-order chi connectivity index (χ1) is 9.79. The normalized spacial score (nSPS) is 11.6. The van der Waals surface area contributed by atoms with Crippen molar-refractivity contribution >= 4 is 15.7 Å². The minimum absolute atomic E-state index is 0.00551. The SMILES string of the molecule is Cc1cccc(CNS(=O)(=O)c2cc(N)c(F)cc2C)c1. The molecule has 0 fully saturated rings. The van der Waals surface area contributed by atoms with Crippen LogP contribution in [0.4, 0.5) is 10.1 Å². The van der Waals surface area contributed by atoms with Gasteiger partial charge < -0.3 is 5.73 Å². The van der Waals surface area contributed by atoms with Crippen LogP contribution in [0.3, 0.4) is 0 Å². The molecule has 2 aromatic carbocycles. The molecule has 6 heteroatoms. The third kappa shape index (κ3) is 3.59. The van der Waals surface area contributed by atoms with Crippen molar-refractivity contribution in [2.75, 3.05) is 5.73 Å². The third-order valence-corrected chi connectivity index (χ3v) is 4.68. The monoisotopic (exact) mass is 308 g/mol. The topological polar surface area (TPSA) is 72.2 Å². The van der Waals surface area contributed by atoms with E-state index in [0.717, 1.165) is 23.3 Å². The van der Waals surface area contributed by atoms with E-state index in [1.807, 2.05) is 31.2 Å². The van der Waals surface area contributed by atoms with E-state index in [1.54, 1.807) is 0 Å². The predicted molar refractivity (Wildman–Crippen MR) is 80.8 cm³/mol. The first-order valence-electron chi connectivity index (χ1n) is 6.40. The molecule has 0 radical (unpaired) electrons. The molecule has 0 amide bonds. The lowest BCUT2D eigenvalue weighted by molar-refractivity contribution is 0.579.